The van der Waals surface area contributed by atoms with Gasteiger partial charge < -0.3 is 10.8 Å². The fourth-order valence-electron chi connectivity index (χ4n) is 2.52. The summed E-state index contributed by atoms with van der Waals surface area (Å²) in [6, 6.07) is 11.5. The third kappa shape index (κ3) is 0.981. The molecule has 0 saturated carbocycles. The third-order valence-electron chi connectivity index (χ3n) is 3.32. The molecule has 0 spiro atoms. The van der Waals surface area contributed by atoms with E-state index >= 15 is 0 Å². The van der Waals surface area contributed by atoms with Crippen molar-refractivity contribution in [3.8, 4) is 0 Å². The molecule has 0 amide bonds. The quantitative estimate of drug-likeness (QED) is 0.756. The molecule has 0 bridgehead atoms. The fraction of sp³-hybridized carbons (Fsp3) is 0.154. The zero-order valence-electron chi connectivity index (χ0n) is 8.60. The molecule has 80 valence electrons. The second-order valence-electron chi connectivity index (χ2n) is 4.27. The highest BCUT2D eigenvalue weighted by Crippen LogP contribution is 2.39. The normalized spacial score (nSPS) is 22.6. The van der Waals surface area contributed by atoms with Crippen LogP contribution < -0.4 is 5.73 Å². The van der Waals surface area contributed by atoms with E-state index in [-0.39, 0.29) is 0 Å². The molecule has 2 aromatic rings. The van der Waals surface area contributed by atoms with Gasteiger partial charge in [-0.2, -0.15) is 0 Å². The molecule has 0 saturated heterocycles. The summed E-state index contributed by atoms with van der Waals surface area (Å²) in [5.74, 6) is -0.962. The van der Waals surface area contributed by atoms with E-state index in [4.69, 9.17) is 5.73 Å². The molecule has 2 aromatic carbocycles. The van der Waals surface area contributed by atoms with Gasteiger partial charge in [-0.1, -0.05) is 36.4 Å². The fourth-order valence-corrected chi connectivity index (χ4v) is 2.52. The van der Waals surface area contributed by atoms with E-state index in [0.29, 0.717) is 6.42 Å². The Bertz CT molecular complexity index is 601. The zero-order chi connectivity index (χ0) is 11.3. The Morgan fingerprint density at radius 2 is 1.94 bits per heavy atom. The number of nitrogens with two attached hydrogens (primary N) is 1. The Morgan fingerprint density at radius 3 is 2.62 bits per heavy atom. The average molecular weight is 213 g/mol. The van der Waals surface area contributed by atoms with E-state index in [2.05, 4.69) is 0 Å². The van der Waals surface area contributed by atoms with Crippen LogP contribution in [0.25, 0.3) is 10.8 Å². The van der Waals surface area contributed by atoms with E-state index in [1.165, 1.54) is 0 Å². The van der Waals surface area contributed by atoms with Gasteiger partial charge in [0.15, 0.2) is 0 Å². The molecule has 0 unspecified atom stereocenters. The number of carboxylic acids is 1. The zero-order valence-corrected chi connectivity index (χ0v) is 8.60. The molecule has 1 aliphatic carbocycles. The summed E-state index contributed by atoms with van der Waals surface area (Å²) in [5, 5.41) is 11.3. The minimum absolute atomic E-state index is 0.374. The van der Waals surface area contributed by atoms with Crippen LogP contribution in [0.3, 0.4) is 0 Å². The second kappa shape index (κ2) is 2.83. The summed E-state index contributed by atoms with van der Waals surface area (Å²) < 4.78 is 0. The summed E-state index contributed by atoms with van der Waals surface area (Å²) in [7, 11) is 0. The molecule has 1 atom stereocenters. The molecule has 3 heteroatoms. The maximum atomic E-state index is 11.3. The van der Waals surface area contributed by atoms with E-state index in [1.807, 2.05) is 36.4 Å². The van der Waals surface area contributed by atoms with Crippen LogP contribution in [0.5, 0.6) is 0 Å². The number of carbonyl (C=O) groups is 1. The van der Waals surface area contributed by atoms with Crippen LogP contribution in [0, 0.1) is 0 Å². The SMILES string of the molecule is N[C@@]1(C(=O)O)Cc2cccc3cccc1c23. The number of hydrogen-bond acceptors (Lipinski definition) is 2. The van der Waals surface area contributed by atoms with Gasteiger partial charge in [0.2, 0.25) is 0 Å². The van der Waals surface area contributed by atoms with Crippen LogP contribution in [0.4, 0.5) is 0 Å². The van der Waals surface area contributed by atoms with Crippen LogP contribution in [0.2, 0.25) is 0 Å². The first-order chi connectivity index (χ1) is 7.63. The highest BCUT2D eigenvalue weighted by Gasteiger charge is 2.42. The highest BCUT2D eigenvalue weighted by molar-refractivity contribution is 5.98. The Morgan fingerprint density at radius 1 is 1.25 bits per heavy atom. The summed E-state index contributed by atoms with van der Waals surface area (Å²) in [6.07, 6.45) is 0.374. The smallest absolute Gasteiger partial charge is 0.328 e. The summed E-state index contributed by atoms with van der Waals surface area (Å²) in [5.41, 5.74) is 6.50. The molecule has 0 aliphatic heterocycles. The topological polar surface area (TPSA) is 63.3 Å². The Kier molecular flexibility index (Phi) is 1.66. The third-order valence-corrected chi connectivity index (χ3v) is 3.32. The Balaban J connectivity index is 2.42. The van der Waals surface area contributed by atoms with Crippen molar-refractivity contribution in [2.24, 2.45) is 5.73 Å². The molecule has 0 radical (unpaired) electrons. The molecular formula is C13H11NO2. The van der Waals surface area contributed by atoms with Crippen molar-refractivity contribution < 1.29 is 9.90 Å². The summed E-state index contributed by atoms with van der Waals surface area (Å²) >= 11 is 0. The van der Waals surface area contributed by atoms with Gasteiger partial charge in [-0.3, -0.25) is 0 Å². The van der Waals surface area contributed by atoms with Crippen LogP contribution in [-0.4, -0.2) is 11.1 Å². The van der Waals surface area contributed by atoms with Gasteiger partial charge in [0, 0.05) is 6.42 Å². The molecule has 0 aromatic heterocycles. The van der Waals surface area contributed by atoms with Crippen molar-refractivity contribution in [3.05, 3.63) is 47.5 Å². The average Bonchev–Trinajstić information content (AvgIpc) is 2.57. The van der Waals surface area contributed by atoms with Gasteiger partial charge in [-0.05, 0) is 21.9 Å². The van der Waals surface area contributed by atoms with Crippen LogP contribution in [0.1, 0.15) is 11.1 Å². The monoisotopic (exact) mass is 213 g/mol. The predicted molar refractivity (Wildman–Crippen MR) is 61.2 cm³/mol. The second-order valence-corrected chi connectivity index (χ2v) is 4.27. The summed E-state index contributed by atoms with van der Waals surface area (Å²) in [6.45, 7) is 0. The first kappa shape index (κ1) is 9.36. The lowest BCUT2D eigenvalue weighted by molar-refractivity contribution is -0.143. The van der Waals surface area contributed by atoms with E-state index in [9.17, 15) is 9.90 Å². The van der Waals surface area contributed by atoms with E-state index < -0.39 is 11.5 Å². The van der Waals surface area contributed by atoms with Crippen molar-refractivity contribution in [1.29, 1.82) is 0 Å². The molecule has 0 fully saturated rings. The lowest BCUT2D eigenvalue weighted by Crippen LogP contribution is -2.44. The van der Waals surface area contributed by atoms with Crippen LogP contribution in [-0.2, 0) is 16.8 Å². The van der Waals surface area contributed by atoms with E-state index in [0.717, 1.165) is 21.9 Å². The predicted octanol–water partition coefficient (Wildman–Crippen LogP) is 1.63. The molecule has 3 N–H and O–H groups in total. The lowest BCUT2D eigenvalue weighted by Gasteiger charge is -2.19. The highest BCUT2D eigenvalue weighted by atomic mass is 16.4. The first-order valence-electron chi connectivity index (χ1n) is 5.16. The van der Waals surface area contributed by atoms with Crippen molar-refractivity contribution >= 4 is 16.7 Å². The molecule has 3 nitrogen and oxygen atoms in total. The number of carboxylic acid groups (broad SMARTS) is 1. The molecule has 1 aliphatic rings. The Labute approximate surface area is 92.5 Å². The van der Waals surface area contributed by atoms with Gasteiger partial charge in [0.1, 0.15) is 5.54 Å². The van der Waals surface area contributed by atoms with Crippen molar-refractivity contribution in [3.63, 3.8) is 0 Å². The minimum atomic E-state index is -1.26. The lowest BCUT2D eigenvalue weighted by atomic mass is 9.92. The largest absolute Gasteiger partial charge is 0.480 e. The minimum Gasteiger partial charge on any atom is -0.480 e. The number of hydrogen-bond donors (Lipinski definition) is 2. The number of rotatable bonds is 1. The van der Waals surface area contributed by atoms with Gasteiger partial charge in [-0.15, -0.1) is 0 Å². The molecular weight excluding hydrogens is 202 g/mol. The van der Waals surface area contributed by atoms with Gasteiger partial charge in [0.05, 0.1) is 0 Å². The van der Waals surface area contributed by atoms with Crippen LogP contribution >= 0.6 is 0 Å². The summed E-state index contributed by atoms with van der Waals surface area (Å²) in [4.78, 5) is 11.3. The standard InChI is InChI=1S/C13H11NO2/c14-13(12(15)16)7-9-5-1-3-8-4-2-6-10(13)11(8)9/h1-6H,7,14H2,(H,15,16)/t13-/m0/s1. The Hall–Kier alpha value is -1.87. The van der Waals surface area contributed by atoms with E-state index in [1.54, 1.807) is 0 Å². The van der Waals surface area contributed by atoms with Crippen LogP contribution in [0.15, 0.2) is 36.4 Å². The first-order valence-corrected chi connectivity index (χ1v) is 5.16. The van der Waals surface area contributed by atoms with Crippen molar-refractivity contribution in [2.75, 3.05) is 0 Å². The number of aliphatic carboxylic acids is 1. The van der Waals surface area contributed by atoms with Crippen molar-refractivity contribution in [1.82, 2.24) is 0 Å². The maximum absolute atomic E-state index is 11.3. The molecule has 0 heterocycles. The molecule has 3 rings (SSSR count). The van der Waals surface area contributed by atoms with Gasteiger partial charge >= 0.3 is 5.97 Å². The van der Waals surface area contributed by atoms with Crippen molar-refractivity contribution in [2.45, 2.75) is 12.0 Å². The number of benzene rings is 2. The van der Waals surface area contributed by atoms with Gasteiger partial charge in [-0.25, -0.2) is 4.79 Å². The molecule has 16 heavy (non-hydrogen) atoms. The maximum Gasteiger partial charge on any atom is 0.328 e. The van der Waals surface area contributed by atoms with Gasteiger partial charge in [0.25, 0.3) is 0 Å².